The van der Waals surface area contributed by atoms with E-state index in [2.05, 4.69) is 14.7 Å². The largest absolute Gasteiger partial charge is 0.481 e. The monoisotopic (exact) mass is 562 g/mol. The number of nitrogens with one attached hydrogen (secondary N) is 1. The van der Waals surface area contributed by atoms with E-state index in [9.17, 15) is 31.5 Å². The third kappa shape index (κ3) is 6.00. The van der Waals surface area contributed by atoms with Gasteiger partial charge in [0.1, 0.15) is 11.6 Å². The van der Waals surface area contributed by atoms with Gasteiger partial charge in [0.2, 0.25) is 0 Å². The normalized spacial score (nSPS) is 18.1. The van der Waals surface area contributed by atoms with Gasteiger partial charge in [0, 0.05) is 18.7 Å². The summed E-state index contributed by atoms with van der Waals surface area (Å²) < 4.78 is 69.9. The van der Waals surface area contributed by atoms with Gasteiger partial charge in [0.15, 0.2) is 5.03 Å². The van der Waals surface area contributed by atoms with Crippen LogP contribution in [0.25, 0.3) is 11.3 Å². The van der Waals surface area contributed by atoms with Crippen molar-refractivity contribution in [1.29, 1.82) is 0 Å². The van der Waals surface area contributed by atoms with Gasteiger partial charge in [-0.3, -0.25) is 9.52 Å². The van der Waals surface area contributed by atoms with Crippen LogP contribution in [0.5, 0.6) is 0 Å². The maximum absolute atomic E-state index is 13.7. The summed E-state index contributed by atoms with van der Waals surface area (Å²) in [5, 5.41) is 9.53. The summed E-state index contributed by atoms with van der Waals surface area (Å²) in [5.41, 5.74) is -1.55. The zero-order valence-corrected chi connectivity index (χ0v) is 22.3. The number of sulfonamides is 1. The number of anilines is 2. The Morgan fingerprint density at radius 3 is 2.51 bits per heavy atom. The Labute approximate surface area is 225 Å². The van der Waals surface area contributed by atoms with E-state index in [-0.39, 0.29) is 23.0 Å². The number of benzene rings is 1. The smallest absolute Gasteiger partial charge is 0.418 e. The highest BCUT2D eigenvalue weighted by molar-refractivity contribution is 7.92. The van der Waals surface area contributed by atoms with Gasteiger partial charge in [0.25, 0.3) is 10.0 Å². The Morgan fingerprint density at radius 2 is 1.85 bits per heavy atom. The number of hydrogen-bond donors (Lipinski definition) is 2. The van der Waals surface area contributed by atoms with Gasteiger partial charge in [-0.15, -0.1) is 0 Å². The summed E-state index contributed by atoms with van der Waals surface area (Å²) in [6.45, 7) is 4.27. The minimum Gasteiger partial charge on any atom is -0.481 e. The van der Waals surface area contributed by atoms with Crippen LogP contribution in [0.15, 0.2) is 59.6 Å². The fourth-order valence-electron chi connectivity index (χ4n) is 5.00. The molecule has 3 aromatic rings. The number of pyridine rings is 2. The Morgan fingerprint density at radius 1 is 1.10 bits per heavy atom. The molecule has 2 N–H and O–H groups in total. The van der Waals surface area contributed by atoms with E-state index in [1.807, 2.05) is 6.92 Å². The number of piperidine rings is 1. The average molecular weight is 563 g/mol. The zero-order valence-electron chi connectivity index (χ0n) is 21.5. The van der Waals surface area contributed by atoms with Crippen molar-refractivity contribution in [2.75, 3.05) is 22.7 Å². The van der Waals surface area contributed by atoms with E-state index in [0.29, 0.717) is 43.6 Å². The summed E-state index contributed by atoms with van der Waals surface area (Å²) >= 11 is 0. The van der Waals surface area contributed by atoms with Crippen molar-refractivity contribution in [3.63, 3.8) is 0 Å². The minimum atomic E-state index is -4.70. The highest BCUT2D eigenvalue weighted by Crippen LogP contribution is 2.39. The molecule has 1 atom stereocenters. The van der Waals surface area contributed by atoms with Crippen molar-refractivity contribution in [2.45, 2.75) is 50.7 Å². The standard InChI is InChI=1S/C27H29F3N4O4S/c1-3-14-26(25(35)36)15-7-16-34(17-26)22-10-6-11-23(32-22)39(37,38)33-21-13-12-20(27(28,29)30)24(31-21)19-9-5-4-8-18(19)2/h4-6,8-13H,3,7,14-17H2,1-2H3,(H,31,33)(H,35,36). The molecule has 0 radical (unpaired) electrons. The van der Waals surface area contributed by atoms with Crippen molar-refractivity contribution in [1.82, 2.24) is 9.97 Å². The highest BCUT2D eigenvalue weighted by atomic mass is 32.2. The predicted octanol–water partition coefficient (Wildman–Crippen LogP) is 5.74. The molecule has 0 saturated carbocycles. The number of rotatable bonds is 8. The lowest BCUT2D eigenvalue weighted by molar-refractivity contribution is -0.150. The Hall–Kier alpha value is -3.67. The number of halogens is 3. The molecule has 1 saturated heterocycles. The number of carbonyl (C=O) groups is 1. The highest BCUT2D eigenvalue weighted by Gasteiger charge is 2.42. The second kappa shape index (κ2) is 10.8. The Balaban J connectivity index is 1.66. The average Bonchev–Trinajstić information content (AvgIpc) is 2.88. The molecule has 0 bridgehead atoms. The van der Waals surface area contributed by atoms with Gasteiger partial charge in [-0.05, 0) is 56.0 Å². The summed E-state index contributed by atoms with van der Waals surface area (Å²) in [7, 11) is -4.34. The Bertz CT molecular complexity index is 1480. The molecule has 12 heteroatoms. The van der Waals surface area contributed by atoms with Crippen molar-refractivity contribution in [2.24, 2.45) is 5.41 Å². The number of carboxylic acid groups (broad SMARTS) is 1. The molecule has 0 spiro atoms. The molecule has 208 valence electrons. The molecule has 3 heterocycles. The quantitative estimate of drug-likeness (QED) is 0.360. The van der Waals surface area contributed by atoms with Gasteiger partial charge in [-0.25, -0.2) is 9.97 Å². The van der Waals surface area contributed by atoms with Gasteiger partial charge in [-0.2, -0.15) is 21.6 Å². The third-order valence-electron chi connectivity index (χ3n) is 6.91. The van der Waals surface area contributed by atoms with E-state index in [1.165, 1.54) is 18.2 Å². The molecule has 2 aromatic heterocycles. The van der Waals surface area contributed by atoms with Crippen LogP contribution < -0.4 is 9.62 Å². The van der Waals surface area contributed by atoms with Crippen LogP contribution in [0, 0.1) is 12.3 Å². The first kappa shape index (κ1) is 28.3. The van der Waals surface area contributed by atoms with Gasteiger partial charge >= 0.3 is 12.1 Å². The summed E-state index contributed by atoms with van der Waals surface area (Å²) in [4.78, 5) is 22.2. The van der Waals surface area contributed by atoms with Crippen LogP contribution in [0.1, 0.15) is 43.7 Å². The van der Waals surface area contributed by atoms with Crippen molar-refractivity contribution >= 4 is 27.6 Å². The van der Waals surface area contributed by atoms with E-state index in [0.717, 1.165) is 12.1 Å². The maximum Gasteiger partial charge on any atom is 0.418 e. The molecule has 1 aliphatic heterocycles. The second-order valence-corrected chi connectivity index (χ2v) is 11.3. The second-order valence-electron chi connectivity index (χ2n) is 9.71. The van der Waals surface area contributed by atoms with Crippen molar-refractivity contribution < 1.29 is 31.5 Å². The van der Waals surface area contributed by atoms with Gasteiger partial charge < -0.3 is 10.0 Å². The molecular weight excluding hydrogens is 533 g/mol. The van der Waals surface area contributed by atoms with Crippen LogP contribution in [0.3, 0.4) is 0 Å². The van der Waals surface area contributed by atoms with Crippen LogP contribution in [-0.2, 0) is 21.0 Å². The first-order chi connectivity index (χ1) is 18.4. The van der Waals surface area contributed by atoms with Crippen LogP contribution in [-0.4, -0.2) is 42.6 Å². The number of hydrogen-bond acceptors (Lipinski definition) is 6. The predicted molar refractivity (Wildman–Crippen MR) is 141 cm³/mol. The van der Waals surface area contributed by atoms with Gasteiger partial charge in [0.05, 0.1) is 16.7 Å². The number of carboxylic acids is 1. The van der Waals surface area contributed by atoms with E-state index in [4.69, 9.17) is 0 Å². The molecule has 1 fully saturated rings. The summed E-state index contributed by atoms with van der Waals surface area (Å²) in [5.74, 6) is -0.878. The van der Waals surface area contributed by atoms with Crippen molar-refractivity contribution in [3.05, 3.63) is 65.7 Å². The van der Waals surface area contributed by atoms with E-state index < -0.39 is 38.8 Å². The number of aryl methyl sites for hydroxylation is 1. The number of alkyl halides is 3. The zero-order chi connectivity index (χ0) is 28.4. The number of aliphatic carboxylic acids is 1. The lowest BCUT2D eigenvalue weighted by Crippen LogP contribution is -2.48. The van der Waals surface area contributed by atoms with E-state index in [1.54, 1.807) is 36.1 Å². The molecule has 0 aliphatic carbocycles. The van der Waals surface area contributed by atoms with Crippen LogP contribution in [0.2, 0.25) is 0 Å². The van der Waals surface area contributed by atoms with Crippen LogP contribution in [0.4, 0.5) is 24.8 Å². The third-order valence-corrected chi connectivity index (χ3v) is 8.16. The van der Waals surface area contributed by atoms with Crippen LogP contribution >= 0.6 is 0 Å². The molecular formula is C27H29F3N4O4S. The van der Waals surface area contributed by atoms with Gasteiger partial charge in [-0.1, -0.05) is 43.7 Å². The molecule has 1 unspecified atom stereocenters. The lowest BCUT2D eigenvalue weighted by Gasteiger charge is -2.40. The Kier molecular flexibility index (Phi) is 7.87. The molecule has 1 aromatic carbocycles. The molecule has 39 heavy (non-hydrogen) atoms. The fraction of sp³-hybridized carbons (Fsp3) is 0.370. The summed E-state index contributed by atoms with van der Waals surface area (Å²) in [6.07, 6.45) is -2.39. The first-order valence-corrected chi connectivity index (χ1v) is 14.0. The summed E-state index contributed by atoms with van der Waals surface area (Å²) in [6, 6.07) is 12.5. The SMILES string of the molecule is CCCC1(C(=O)O)CCCN(c2cccc(S(=O)(=O)Nc3ccc(C(F)(F)F)c(-c4ccccc4C)n3)n2)C1. The molecule has 0 amide bonds. The van der Waals surface area contributed by atoms with Crippen molar-refractivity contribution in [3.8, 4) is 11.3 Å². The number of aromatic nitrogens is 2. The molecule has 4 rings (SSSR count). The lowest BCUT2D eigenvalue weighted by atomic mass is 9.76. The minimum absolute atomic E-state index is 0.195. The fourth-order valence-corrected chi connectivity index (χ4v) is 5.96. The first-order valence-electron chi connectivity index (χ1n) is 12.5. The maximum atomic E-state index is 13.7. The van der Waals surface area contributed by atoms with E-state index >= 15 is 0 Å². The number of nitrogens with zero attached hydrogens (tertiary/aromatic N) is 3. The topological polar surface area (TPSA) is 112 Å². The molecule has 1 aliphatic rings. The molecule has 8 nitrogen and oxygen atoms in total.